The van der Waals surface area contributed by atoms with Crippen LogP contribution in [0, 0.1) is 11.3 Å². The van der Waals surface area contributed by atoms with Gasteiger partial charge in [-0.3, -0.25) is 5.41 Å². The van der Waals surface area contributed by atoms with Crippen molar-refractivity contribution in [1.29, 1.82) is 5.41 Å². The standard InChI is InChI=1S/C10H20N2/c1-9(2)8-10(11)12-6-4-3-5-7-12/h9,11H,3-8H2,1-2H3. The third-order valence-corrected chi connectivity index (χ3v) is 2.34. The van der Waals surface area contributed by atoms with Crippen molar-refractivity contribution in [1.82, 2.24) is 4.90 Å². The molecular formula is C10H20N2. The van der Waals surface area contributed by atoms with Crippen LogP contribution >= 0.6 is 0 Å². The Bertz CT molecular complexity index is 146. The van der Waals surface area contributed by atoms with Gasteiger partial charge in [-0.2, -0.15) is 0 Å². The fourth-order valence-electron chi connectivity index (χ4n) is 1.68. The maximum Gasteiger partial charge on any atom is 0.0960 e. The molecule has 12 heavy (non-hydrogen) atoms. The van der Waals surface area contributed by atoms with E-state index in [2.05, 4.69) is 18.7 Å². The van der Waals surface area contributed by atoms with Crippen LogP contribution < -0.4 is 0 Å². The third kappa shape index (κ3) is 2.84. The molecule has 1 rings (SSSR count). The molecule has 0 unspecified atom stereocenters. The molecule has 0 atom stereocenters. The van der Waals surface area contributed by atoms with Crippen molar-refractivity contribution in [3.63, 3.8) is 0 Å². The zero-order chi connectivity index (χ0) is 8.97. The van der Waals surface area contributed by atoms with Gasteiger partial charge in [-0.05, 0) is 25.2 Å². The first-order valence-electron chi connectivity index (χ1n) is 5.02. The Morgan fingerprint density at radius 1 is 1.25 bits per heavy atom. The molecule has 0 aliphatic carbocycles. The van der Waals surface area contributed by atoms with Gasteiger partial charge in [0.2, 0.25) is 0 Å². The molecule has 0 spiro atoms. The Kier molecular flexibility index (Phi) is 3.57. The monoisotopic (exact) mass is 168 g/mol. The van der Waals surface area contributed by atoms with Gasteiger partial charge in [-0.1, -0.05) is 13.8 Å². The predicted octanol–water partition coefficient (Wildman–Crippen LogP) is 2.50. The van der Waals surface area contributed by atoms with Gasteiger partial charge in [-0.25, -0.2) is 0 Å². The predicted molar refractivity (Wildman–Crippen MR) is 52.6 cm³/mol. The largest absolute Gasteiger partial charge is 0.361 e. The molecular weight excluding hydrogens is 148 g/mol. The SMILES string of the molecule is CC(C)CC(=N)N1CCCCC1. The second kappa shape index (κ2) is 4.48. The molecule has 0 amide bonds. The van der Waals surface area contributed by atoms with E-state index in [9.17, 15) is 0 Å². The van der Waals surface area contributed by atoms with Gasteiger partial charge in [0, 0.05) is 19.5 Å². The highest BCUT2D eigenvalue weighted by Crippen LogP contribution is 2.12. The van der Waals surface area contributed by atoms with Gasteiger partial charge in [0.25, 0.3) is 0 Å². The first-order valence-corrected chi connectivity index (χ1v) is 5.02. The van der Waals surface area contributed by atoms with Crippen LogP contribution in [0.3, 0.4) is 0 Å². The Morgan fingerprint density at radius 2 is 1.83 bits per heavy atom. The Morgan fingerprint density at radius 3 is 2.33 bits per heavy atom. The van der Waals surface area contributed by atoms with Crippen molar-refractivity contribution in [2.45, 2.75) is 39.5 Å². The van der Waals surface area contributed by atoms with Gasteiger partial charge in [0.15, 0.2) is 0 Å². The van der Waals surface area contributed by atoms with Crippen LogP contribution in [0.1, 0.15) is 39.5 Å². The molecule has 0 aromatic heterocycles. The summed E-state index contributed by atoms with van der Waals surface area (Å²) < 4.78 is 0. The summed E-state index contributed by atoms with van der Waals surface area (Å²) in [5.74, 6) is 1.48. The summed E-state index contributed by atoms with van der Waals surface area (Å²) >= 11 is 0. The number of hydrogen-bond acceptors (Lipinski definition) is 1. The molecule has 0 aromatic carbocycles. The van der Waals surface area contributed by atoms with Gasteiger partial charge in [0.1, 0.15) is 0 Å². The minimum absolute atomic E-state index is 0.624. The van der Waals surface area contributed by atoms with Gasteiger partial charge in [-0.15, -0.1) is 0 Å². The van der Waals surface area contributed by atoms with Crippen molar-refractivity contribution in [2.24, 2.45) is 5.92 Å². The van der Waals surface area contributed by atoms with E-state index in [4.69, 9.17) is 5.41 Å². The second-order valence-corrected chi connectivity index (χ2v) is 4.09. The Hall–Kier alpha value is -0.530. The fraction of sp³-hybridized carbons (Fsp3) is 0.900. The summed E-state index contributed by atoms with van der Waals surface area (Å²) in [5, 5.41) is 7.84. The lowest BCUT2D eigenvalue weighted by atomic mass is 10.1. The molecule has 70 valence electrons. The highest BCUT2D eigenvalue weighted by atomic mass is 15.2. The van der Waals surface area contributed by atoms with E-state index in [0.29, 0.717) is 5.92 Å². The molecule has 2 heteroatoms. The fourth-order valence-corrected chi connectivity index (χ4v) is 1.68. The second-order valence-electron chi connectivity index (χ2n) is 4.09. The van der Waals surface area contributed by atoms with Crippen LogP contribution in [0.25, 0.3) is 0 Å². The van der Waals surface area contributed by atoms with Crippen LogP contribution in [-0.4, -0.2) is 23.8 Å². The lowest BCUT2D eigenvalue weighted by molar-refractivity contribution is 0.330. The number of amidine groups is 1. The summed E-state index contributed by atoms with van der Waals surface area (Å²) in [4.78, 5) is 2.24. The van der Waals surface area contributed by atoms with E-state index >= 15 is 0 Å². The van der Waals surface area contributed by atoms with Gasteiger partial charge < -0.3 is 4.90 Å². The van der Waals surface area contributed by atoms with Crippen molar-refractivity contribution in [2.75, 3.05) is 13.1 Å². The summed E-state index contributed by atoms with van der Waals surface area (Å²) in [7, 11) is 0. The van der Waals surface area contributed by atoms with Crippen LogP contribution in [0.5, 0.6) is 0 Å². The number of piperidine rings is 1. The highest BCUT2D eigenvalue weighted by Gasteiger charge is 2.13. The lowest BCUT2D eigenvalue weighted by Gasteiger charge is -2.29. The minimum atomic E-state index is 0.624. The van der Waals surface area contributed by atoms with Crippen molar-refractivity contribution < 1.29 is 0 Å². The van der Waals surface area contributed by atoms with Crippen molar-refractivity contribution in [3.05, 3.63) is 0 Å². The van der Waals surface area contributed by atoms with E-state index in [1.165, 1.54) is 19.3 Å². The number of hydrogen-bond donors (Lipinski definition) is 1. The molecule has 1 aliphatic heterocycles. The van der Waals surface area contributed by atoms with Gasteiger partial charge in [0.05, 0.1) is 5.84 Å². The van der Waals surface area contributed by atoms with E-state index in [1.807, 2.05) is 0 Å². The van der Waals surface area contributed by atoms with Crippen LogP contribution in [0.2, 0.25) is 0 Å². The lowest BCUT2D eigenvalue weighted by Crippen LogP contribution is -2.35. The smallest absolute Gasteiger partial charge is 0.0960 e. The average Bonchev–Trinajstić information content (AvgIpc) is 2.05. The number of nitrogens with one attached hydrogen (secondary N) is 1. The number of nitrogens with zero attached hydrogens (tertiary/aromatic N) is 1. The maximum absolute atomic E-state index is 7.84. The van der Waals surface area contributed by atoms with Gasteiger partial charge >= 0.3 is 0 Å². The van der Waals surface area contributed by atoms with Crippen LogP contribution in [0.15, 0.2) is 0 Å². The minimum Gasteiger partial charge on any atom is -0.361 e. The molecule has 0 aromatic rings. The summed E-state index contributed by atoms with van der Waals surface area (Å²) in [6.07, 6.45) is 4.85. The van der Waals surface area contributed by atoms with Crippen molar-refractivity contribution >= 4 is 5.84 Å². The first-order chi connectivity index (χ1) is 5.70. The third-order valence-electron chi connectivity index (χ3n) is 2.34. The number of likely N-dealkylation sites (tertiary alicyclic amines) is 1. The normalized spacial score (nSPS) is 18.4. The first kappa shape index (κ1) is 9.56. The molecule has 1 aliphatic rings. The topological polar surface area (TPSA) is 27.1 Å². The van der Waals surface area contributed by atoms with Crippen molar-refractivity contribution in [3.8, 4) is 0 Å². The van der Waals surface area contributed by atoms with E-state index in [1.54, 1.807) is 0 Å². The molecule has 0 bridgehead atoms. The van der Waals surface area contributed by atoms with E-state index in [-0.39, 0.29) is 0 Å². The molecule has 1 heterocycles. The Balaban J connectivity index is 2.30. The molecule has 2 nitrogen and oxygen atoms in total. The summed E-state index contributed by atoms with van der Waals surface area (Å²) in [5.41, 5.74) is 0. The molecule has 1 fully saturated rings. The summed E-state index contributed by atoms with van der Waals surface area (Å²) in [6, 6.07) is 0. The zero-order valence-corrected chi connectivity index (χ0v) is 8.27. The molecule has 1 saturated heterocycles. The van der Waals surface area contributed by atoms with Crippen LogP contribution in [0.4, 0.5) is 0 Å². The molecule has 0 saturated carbocycles. The zero-order valence-electron chi connectivity index (χ0n) is 8.27. The van der Waals surface area contributed by atoms with E-state index in [0.717, 1.165) is 25.3 Å². The molecule has 1 N–H and O–H groups in total. The number of rotatable bonds is 2. The summed E-state index contributed by atoms with van der Waals surface area (Å²) in [6.45, 7) is 6.59. The Labute approximate surface area is 75.5 Å². The highest BCUT2D eigenvalue weighted by molar-refractivity contribution is 5.79. The molecule has 0 radical (unpaired) electrons. The quantitative estimate of drug-likeness (QED) is 0.498. The maximum atomic E-state index is 7.84. The average molecular weight is 168 g/mol. The van der Waals surface area contributed by atoms with E-state index < -0.39 is 0 Å². The van der Waals surface area contributed by atoms with Crippen LogP contribution in [-0.2, 0) is 0 Å².